The molecule has 7 heteroatoms. The molecule has 0 unspecified atom stereocenters. The number of anilines is 2. The molecule has 0 atom stereocenters. The molecule has 0 spiro atoms. The molecule has 6 nitrogen and oxygen atoms in total. The summed E-state index contributed by atoms with van der Waals surface area (Å²) in [6.07, 6.45) is 0. The van der Waals surface area contributed by atoms with Crippen LogP contribution in [0.25, 0.3) is 10.2 Å². The third-order valence-electron chi connectivity index (χ3n) is 5.22. The van der Waals surface area contributed by atoms with Crippen LogP contribution in [0.4, 0.5) is 10.8 Å². The molecule has 5 rings (SSSR count). The number of hydrogen-bond acceptors (Lipinski definition) is 6. The minimum Gasteiger partial charge on any atom is -0.497 e. The van der Waals surface area contributed by atoms with Crippen LogP contribution < -0.4 is 19.7 Å². The van der Waals surface area contributed by atoms with Crippen molar-refractivity contribution >= 4 is 38.3 Å². The number of ether oxygens (including phenoxy) is 2. The van der Waals surface area contributed by atoms with E-state index in [0.29, 0.717) is 24.5 Å². The summed E-state index contributed by atoms with van der Waals surface area (Å²) in [6, 6.07) is 22.9. The molecule has 1 fully saturated rings. The van der Waals surface area contributed by atoms with E-state index >= 15 is 0 Å². The normalized spacial score (nSPS) is 13.6. The summed E-state index contributed by atoms with van der Waals surface area (Å²) in [6.45, 7) is 1.29. The van der Waals surface area contributed by atoms with Gasteiger partial charge in [-0.15, -0.1) is 0 Å². The van der Waals surface area contributed by atoms with Gasteiger partial charge in [-0.1, -0.05) is 41.7 Å². The fourth-order valence-electron chi connectivity index (χ4n) is 3.46. The van der Waals surface area contributed by atoms with Crippen LogP contribution in [0, 0.1) is 5.92 Å². The molecule has 0 radical (unpaired) electrons. The number of hydrogen-bond donors (Lipinski definition) is 1. The third-order valence-corrected chi connectivity index (χ3v) is 6.30. The average Bonchev–Trinajstić information content (AvgIpc) is 3.17. The lowest BCUT2D eigenvalue weighted by Gasteiger charge is -2.38. The maximum absolute atomic E-state index is 12.8. The number of rotatable bonds is 6. The topological polar surface area (TPSA) is 63.7 Å². The SMILES string of the molecule is COc1ccc2nc(N3CC(C(=O)Nc4ccccc4Oc4ccccc4)C3)sc2c1. The van der Waals surface area contributed by atoms with Crippen molar-refractivity contribution in [3.8, 4) is 17.2 Å². The third kappa shape index (κ3) is 4.04. The van der Waals surface area contributed by atoms with E-state index in [1.165, 1.54) is 0 Å². The molecule has 1 amide bonds. The molecule has 0 aliphatic carbocycles. The molecule has 1 aliphatic rings. The summed E-state index contributed by atoms with van der Waals surface area (Å²) in [7, 11) is 1.66. The number of carbonyl (C=O) groups excluding carboxylic acids is 1. The molecule has 31 heavy (non-hydrogen) atoms. The Labute approximate surface area is 184 Å². The summed E-state index contributed by atoms with van der Waals surface area (Å²) in [5.41, 5.74) is 1.61. The molecule has 2 heterocycles. The van der Waals surface area contributed by atoms with Crippen LogP contribution in [-0.4, -0.2) is 31.1 Å². The van der Waals surface area contributed by atoms with Crippen molar-refractivity contribution in [1.29, 1.82) is 0 Å². The largest absolute Gasteiger partial charge is 0.497 e. The summed E-state index contributed by atoms with van der Waals surface area (Å²) in [4.78, 5) is 19.6. The Morgan fingerprint density at radius 2 is 1.81 bits per heavy atom. The van der Waals surface area contributed by atoms with Crippen LogP contribution >= 0.6 is 11.3 Å². The van der Waals surface area contributed by atoms with Gasteiger partial charge in [0.2, 0.25) is 5.91 Å². The first kappa shape index (κ1) is 19.4. The molecule has 4 aromatic rings. The van der Waals surface area contributed by atoms with E-state index in [2.05, 4.69) is 15.2 Å². The molecule has 3 aromatic carbocycles. The van der Waals surface area contributed by atoms with Gasteiger partial charge in [0.05, 0.1) is 28.9 Å². The first-order valence-corrected chi connectivity index (χ1v) is 10.8. The first-order chi connectivity index (χ1) is 15.2. The highest BCUT2D eigenvalue weighted by molar-refractivity contribution is 7.22. The number of nitrogens with one attached hydrogen (secondary N) is 1. The van der Waals surface area contributed by atoms with Gasteiger partial charge in [-0.05, 0) is 42.5 Å². The maximum atomic E-state index is 12.8. The molecule has 0 saturated carbocycles. The number of methoxy groups -OCH3 is 1. The highest BCUT2D eigenvalue weighted by Crippen LogP contribution is 2.35. The molecular formula is C24H21N3O3S. The number of fused-ring (bicyclic) bond motifs is 1. The minimum absolute atomic E-state index is 0.0110. The van der Waals surface area contributed by atoms with E-state index in [9.17, 15) is 4.79 Å². The Hall–Kier alpha value is -3.58. The van der Waals surface area contributed by atoms with Gasteiger partial charge in [-0.2, -0.15) is 0 Å². The Bertz CT molecular complexity index is 1220. The number of carbonyl (C=O) groups is 1. The number of thiazole rings is 1. The van der Waals surface area contributed by atoms with Crippen molar-refractivity contribution in [2.24, 2.45) is 5.92 Å². The molecule has 0 bridgehead atoms. The molecule has 1 N–H and O–H groups in total. The summed E-state index contributed by atoms with van der Waals surface area (Å²) in [5.74, 6) is 2.07. The standard InChI is InChI=1S/C24H21N3O3S/c1-29-18-11-12-20-22(13-18)31-24(26-20)27-14-16(15-27)23(28)25-19-9-5-6-10-21(19)30-17-7-3-2-4-8-17/h2-13,16H,14-15H2,1H3,(H,25,28). The molecule has 1 saturated heterocycles. The fourth-order valence-corrected chi connectivity index (χ4v) is 4.48. The van der Waals surface area contributed by atoms with Crippen LogP contribution in [0.2, 0.25) is 0 Å². The van der Waals surface area contributed by atoms with Gasteiger partial charge in [-0.3, -0.25) is 4.79 Å². The summed E-state index contributed by atoms with van der Waals surface area (Å²) in [5, 5.41) is 3.95. The lowest BCUT2D eigenvalue weighted by molar-refractivity contribution is -0.120. The van der Waals surface area contributed by atoms with Crippen molar-refractivity contribution in [3.63, 3.8) is 0 Å². The molecule has 156 valence electrons. The first-order valence-electron chi connectivity index (χ1n) is 10.0. The second kappa shape index (κ2) is 8.28. The lowest BCUT2D eigenvalue weighted by atomic mass is 10.00. The highest BCUT2D eigenvalue weighted by atomic mass is 32.1. The number of para-hydroxylation sites is 3. The van der Waals surface area contributed by atoms with Crippen LogP contribution in [0.3, 0.4) is 0 Å². The maximum Gasteiger partial charge on any atom is 0.231 e. The molecule has 1 aromatic heterocycles. The fraction of sp³-hybridized carbons (Fsp3) is 0.167. The van der Waals surface area contributed by atoms with Crippen molar-refractivity contribution in [3.05, 3.63) is 72.8 Å². The highest BCUT2D eigenvalue weighted by Gasteiger charge is 2.34. The van der Waals surface area contributed by atoms with Crippen LogP contribution in [0.15, 0.2) is 72.8 Å². The minimum atomic E-state index is -0.0914. The van der Waals surface area contributed by atoms with E-state index in [1.54, 1.807) is 18.4 Å². The Kier molecular flexibility index (Phi) is 5.18. The van der Waals surface area contributed by atoms with Crippen LogP contribution in [-0.2, 0) is 4.79 Å². The summed E-state index contributed by atoms with van der Waals surface area (Å²) >= 11 is 1.62. The zero-order chi connectivity index (χ0) is 21.2. The predicted molar refractivity (Wildman–Crippen MR) is 123 cm³/mol. The Morgan fingerprint density at radius 3 is 2.61 bits per heavy atom. The van der Waals surface area contributed by atoms with Crippen molar-refractivity contribution in [2.45, 2.75) is 0 Å². The number of benzene rings is 3. The van der Waals surface area contributed by atoms with Crippen molar-refractivity contribution < 1.29 is 14.3 Å². The van der Waals surface area contributed by atoms with Crippen molar-refractivity contribution in [1.82, 2.24) is 4.98 Å². The number of nitrogens with zero attached hydrogens (tertiary/aromatic N) is 2. The van der Waals surface area contributed by atoms with Gasteiger partial charge in [0, 0.05) is 13.1 Å². The Morgan fingerprint density at radius 1 is 1.03 bits per heavy atom. The zero-order valence-electron chi connectivity index (χ0n) is 16.9. The number of aromatic nitrogens is 1. The molecule has 1 aliphatic heterocycles. The van der Waals surface area contributed by atoms with Gasteiger partial charge in [0.1, 0.15) is 11.5 Å². The van der Waals surface area contributed by atoms with Gasteiger partial charge < -0.3 is 19.7 Å². The van der Waals surface area contributed by atoms with E-state index in [-0.39, 0.29) is 11.8 Å². The van der Waals surface area contributed by atoms with E-state index in [4.69, 9.17) is 9.47 Å². The predicted octanol–water partition coefficient (Wildman–Crippen LogP) is 5.17. The second-order valence-electron chi connectivity index (χ2n) is 7.33. The van der Waals surface area contributed by atoms with Crippen LogP contribution in [0.5, 0.6) is 17.2 Å². The summed E-state index contributed by atoms with van der Waals surface area (Å²) < 4.78 is 12.3. The Balaban J connectivity index is 1.23. The number of amides is 1. The van der Waals surface area contributed by atoms with Gasteiger partial charge in [-0.25, -0.2) is 4.98 Å². The van der Waals surface area contributed by atoms with E-state index in [1.807, 2.05) is 72.8 Å². The lowest BCUT2D eigenvalue weighted by Crippen LogP contribution is -2.52. The second-order valence-corrected chi connectivity index (χ2v) is 8.34. The average molecular weight is 432 g/mol. The van der Waals surface area contributed by atoms with Gasteiger partial charge in [0.15, 0.2) is 10.9 Å². The van der Waals surface area contributed by atoms with Crippen molar-refractivity contribution in [2.75, 3.05) is 30.4 Å². The van der Waals surface area contributed by atoms with E-state index < -0.39 is 0 Å². The van der Waals surface area contributed by atoms with Gasteiger partial charge >= 0.3 is 0 Å². The smallest absolute Gasteiger partial charge is 0.231 e. The van der Waals surface area contributed by atoms with E-state index in [0.717, 1.165) is 26.8 Å². The monoisotopic (exact) mass is 431 g/mol. The quantitative estimate of drug-likeness (QED) is 0.456. The zero-order valence-corrected chi connectivity index (χ0v) is 17.8. The van der Waals surface area contributed by atoms with Gasteiger partial charge in [0.25, 0.3) is 0 Å². The van der Waals surface area contributed by atoms with Crippen LogP contribution in [0.1, 0.15) is 0 Å². The molecular weight excluding hydrogens is 410 g/mol.